The third-order valence-corrected chi connectivity index (χ3v) is 2.16. The fraction of sp³-hybridized carbons (Fsp3) is 0.727. The average Bonchev–Trinajstić information content (AvgIpc) is 2.15. The second-order valence-electron chi connectivity index (χ2n) is 4.01. The average molecular weight is 182 g/mol. The first-order valence-corrected chi connectivity index (χ1v) is 5.01. The standard InChI is InChI=1S/C11H18O2/c1-9(2)8-13-11(12)10-6-4-3-5-7-10/h3-4,9-10H,5-8H2,1-2H3. The van der Waals surface area contributed by atoms with E-state index in [1.165, 1.54) is 0 Å². The van der Waals surface area contributed by atoms with Gasteiger partial charge in [-0.3, -0.25) is 4.79 Å². The fourth-order valence-corrected chi connectivity index (χ4v) is 1.37. The molecule has 1 aliphatic carbocycles. The Morgan fingerprint density at radius 2 is 2.31 bits per heavy atom. The van der Waals surface area contributed by atoms with Crippen LogP contribution < -0.4 is 0 Å². The van der Waals surface area contributed by atoms with Gasteiger partial charge in [0.05, 0.1) is 12.5 Å². The molecular weight excluding hydrogens is 164 g/mol. The monoisotopic (exact) mass is 182 g/mol. The summed E-state index contributed by atoms with van der Waals surface area (Å²) in [6.07, 6.45) is 7.03. The van der Waals surface area contributed by atoms with Crippen LogP contribution >= 0.6 is 0 Å². The van der Waals surface area contributed by atoms with Gasteiger partial charge in [-0.1, -0.05) is 26.0 Å². The number of hydrogen-bond donors (Lipinski definition) is 0. The molecule has 1 unspecified atom stereocenters. The van der Waals surface area contributed by atoms with Crippen LogP contribution in [0.3, 0.4) is 0 Å². The highest BCUT2D eigenvalue weighted by molar-refractivity contribution is 5.72. The molecule has 13 heavy (non-hydrogen) atoms. The Hall–Kier alpha value is -0.790. The number of carbonyl (C=O) groups excluding carboxylic acids is 1. The van der Waals surface area contributed by atoms with Crippen molar-refractivity contribution in [3.05, 3.63) is 12.2 Å². The zero-order valence-corrected chi connectivity index (χ0v) is 8.45. The molecule has 2 nitrogen and oxygen atoms in total. The van der Waals surface area contributed by atoms with Gasteiger partial charge in [0.15, 0.2) is 0 Å². The molecule has 0 spiro atoms. The molecule has 0 saturated heterocycles. The Morgan fingerprint density at radius 1 is 1.54 bits per heavy atom. The van der Waals surface area contributed by atoms with Crippen molar-refractivity contribution < 1.29 is 9.53 Å². The lowest BCUT2D eigenvalue weighted by Gasteiger charge is -2.17. The third kappa shape index (κ3) is 3.62. The van der Waals surface area contributed by atoms with Crippen molar-refractivity contribution in [2.45, 2.75) is 33.1 Å². The van der Waals surface area contributed by atoms with Gasteiger partial charge in [0.2, 0.25) is 0 Å². The van der Waals surface area contributed by atoms with Gasteiger partial charge in [0.1, 0.15) is 0 Å². The number of allylic oxidation sites excluding steroid dienone is 2. The maximum atomic E-state index is 11.4. The minimum Gasteiger partial charge on any atom is -0.465 e. The van der Waals surface area contributed by atoms with Gasteiger partial charge in [0.25, 0.3) is 0 Å². The molecule has 1 aliphatic rings. The van der Waals surface area contributed by atoms with E-state index in [1.54, 1.807) is 0 Å². The maximum absolute atomic E-state index is 11.4. The second-order valence-corrected chi connectivity index (χ2v) is 4.01. The second kappa shape index (κ2) is 5.05. The molecule has 0 aromatic carbocycles. The number of ether oxygens (including phenoxy) is 1. The van der Waals surface area contributed by atoms with Crippen molar-refractivity contribution >= 4 is 5.97 Å². The van der Waals surface area contributed by atoms with Crippen molar-refractivity contribution in [3.63, 3.8) is 0 Å². The van der Waals surface area contributed by atoms with Gasteiger partial charge >= 0.3 is 5.97 Å². The van der Waals surface area contributed by atoms with Crippen LogP contribution in [0.2, 0.25) is 0 Å². The van der Waals surface area contributed by atoms with Crippen LogP contribution in [-0.4, -0.2) is 12.6 Å². The van der Waals surface area contributed by atoms with Gasteiger partial charge in [0, 0.05) is 0 Å². The van der Waals surface area contributed by atoms with E-state index in [-0.39, 0.29) is 11.9 Å². The molecule has 0 aromatic heterocycles. The summed E-state index contributed by atoms with van der Waals surface area (Å²) in [5, 5.41) is 0. The molecule has 0 bridgehead atoms. The minimum absolute atomic E-state index is 0.0157. The van der Waals surface area contributed by atoms with Crippen LogP contribution in [0.15, 0.2) is 12.2 Å². The maximum Gasteiger partial charge on any atom is 0.309 e. The predicted octanol–water partition coefficient (Wildman–Crippen LogP) is 2.54. The SMILES string of the molecule is CC(C)COC(=O)C1CC=CCC1. The van der Waals surface area contributed by atoms with Crippen LogP contribution in [0.5, 0.6) is 0 Å². The first-order valence-electron chi connectivity index (χ1n) is 5.01. The lowest BCUT2D eigenvalue weighted by molar-refractivity contribution is -0.149. The Balaban J connectivity index is 2.26. The van der Waals surface area contributed by atoms with E-state index in [2.05, 4.69) is 12.2 Å². The summed E-state index contributed by atoms with van der Waals surface area (Å²) in [5.74, 6) is 0.532. The van der Waals surface area contributed by atoms with E-state index < -0.39 is 0 Å². The van der Waals surface area contributed by atoms with Crippen LogP contribution in [0.1, 0.15) is 33.1 Å². The third-order valence-electron chi connectivity index (χ3n) is 2.16. The lowest BCUT2D eigenvalue weighted by atomic mass is 9.95. The summed E-state index contributed by atoms with van der Waals surface area (Å²) in [6, 6.07) is 0. The van der Waals surface area contributed by atoms with E-state index in [9.17, 15) is 4.79 Å². The Morgan fingerprint density at radius 3 is 2.85 bits per heavy atom. The number of esters is 1. The molecule has 1 atom stereocenters. The molecule has 0 N–H and O–H groups in total. The highest BCUT2D eigenvalue weighted by Gasteiger charge is 2.19. The Labute approximate surface area is 80.0 Å². The van der Waals surface area contributed by atoms with E-state index in [0.29, 0.717) is 12.5 Å². The topological polar surface area (TPSA) is 26.3 Å². The molecule has 0 saturated carbocycles. The normalized spacial score (nSPS) is 21.9. The summed E-state index contributed by atoms with van der Waals surface area (Å²) in [7, 11) is 0. The minimum atomic E-state index is -0.0157. The highest BCUT2D eigenvalue weighted by atomic mass is 16.5. The first-order chi connectivity index (χ1) is 6.20. The smallest absolute Gasteiger partial charge is 0.309 e. The zero-order chi connectivity index (χ0) is 9.68. The molecule has 0 amide bonds. The molecule has 2 heteroatoms. The zero-order valence-electron chi connectivity index (χ0n) is 8.45. The molecule has 0 heterocycles. The van der Waals surface area contributed by atoms with Gasteiger partial charge in [-0.25, -0.2) is 0 Å². The lowest BCUT2D eigenvalue weighted by Crippen LogP contribution is -2.20. The van der Waals surface area contributed by atoms with Crippen LogP contribution in [0.25, 0.3) is 0 Å². The van der Waals surface area contributed by atoms with Crippen LogP contribution in [0, 0.1) is 11.8 Å². The fourth-order valence-electron chi connectivity index (χ4n) is 1.37. The predicted molar refractivity (Wildman–Crippen MR) is 52.3 cm³/mol. The summed E-state index contributed by atoms with van der Waals surface area (Å²) in [4.78, 5) is 11.4. The number of rotatable bonds is 3. The van der Waals surface area contributed by atoms with Crippen LogP contribution in [0.4, 0.5) is 0 Å². The molecule has 0 aliphatic heterocycles. The number of carbonyl (C=O) groups is 1. The van der Waals surface area contributed by atoms with Crippen molar-refractivity contribution in [3.8, 4) is 0 Å². The summed E-state index contributed by atoms with van der Waals surface area (Å²) in [5.41, 5.74) is 0. The van der Waals surface area contributed by atoms with E-state index in [1.807, 2.05) is 13.8 Å². The Kier molecular flexibility index (Phi) is 4.00. The molecule has 0 aromatic rings. The first kappa shape index (κ1) is 10.3. The molecule has 74 valence electrons. The summed E-state index contributed by atoms with van der Waals surface area (Å²) >= 11 is 0. The van der Waals surface area contributed by atoms with E-state index >= 15 is 0 Å². The largest absolute Gasteiger partial charge is 0.465 e. The summed E-state index contributed by atoms with van der Waals surface area (Å²) in [6.45, 7) is 4.65. The van der Waals surface area contributed by atoms with Crippen molar-refractivity contribution in [1.29, 1.82) is 0 Å². The molecular formula is C11H18O2. The van der Waals surface area contributed by atoms with Crippen molar-refractivity contribution in [2.24, 2.45) is 11.8 Å². The van der Waals surface area contributed by atoms with Gasteiger partial charge in [-0.15, -0.1) is 0 Å². The number of hydrogen-bond acceptors (Lipinski definition) is 2. The summed E-state index contributed by atoms with van der Waals surface area (Å²) < 4.78 is 5.17. The van der Waals surface area contributed by atoms with Crippen molar-refractivity contribution in [1.82, 2.24) is 0 Å². The molecule has 0 radical (unpaired) electrons. The van der Waals surface area contributed by atoms with Gasteiger partial charge < -0.3 is 4.74 Å². The quantitative estimate of drug-likeness (QED) is 0.495. The van der Waals surface area contributed by atoms with Gasteiger partial charge in [-0.2, -0.15) is 0 Å². The Bertz CT molecular complexity index is 194. The van der Waals surface area contributed by atoms with E-state index in [0.717, 1.165) is 19.3 Å². The molecule has 0 fully saturated rings. The van der Waals surface area contributed by atoms with Crippen molar-refractivity contribution in [2.75, 3.05) is 6.61 Å². The van der Waals surface area contributed by atoms with Crippen LogP contribution in [-0.2, 0) is 9.53 Å². The van der Waals surface area contributed by atoms with Gasteiger partial charge in [-0.05, 0) is 25.2 Å². The highest BCUT2D eigenvalue weighted by Crippen LogP contribution is 2.19. The molecule has 1 rings (SSSR count). The van der Waals surface area contributed by atoms with E-state index in [4.69, 9.17) is 4.74 Å².